The number of carbonyl (C=O) groups is 1. The first kappa shape index (κ1) is 18.1. The molecule has 1 N–H and O–H groups in total. The van der Waals surface area contributed by atoms with Crippen molar-refractivity contribution in [1.29, 1.82) is 0 Å². The zero-order valence-electron chi connectivity index (χ0n) is 13.4. The lowest BCUT2D eigenvalue weighted by molar-refractivity contribution is 0.0989. The van der Waals surface area contributed by atoms with Crippen LogP contribution in [0.4, 0.5) is 8.78 Å². The zero-order valence-corrected chi connectivity index (χ0v) is 14.3. The predicted molar refractivity (Wildman–Crippen MR) is 92.6 cm³/mol. The highest BCUT2D eigenvalue weighted by Crippen LogP contribution is 2.21. The van der Waals surface area contributed by atoms with Crippen molar-refractivity contribution in [3.63, 3.8) is 0 Å². The summed E-state index contributed by atoms with van der Waals surface area (Å²) in [5, 5.41) is 0. The number of nitrogens with one attached hydrogen (secondary N) is 1. The highest BCUT2D eigenvalue weighted by molar-refractivity contribution is 7.89. The van der Waals surface area contributed by atoms with Crippen molar-refractivity contribution < 1.29 is 22.0 Å². The number of rotatable bonds is 6. The molecule has 0 fully saturated rings. The van der Waals surface area contributed by atoms with Gasteiger partial charge in [0, 0.05) is 18.2 Å². The molecule has 26 heavy (non-hydrogen) atoms. The molecular formula is C18H14F2N2O3S. The normalized spacial score (nSPS) is 13.7. The van der Waals surface area contributed by atoms with Crippen molar-refractivity contribution >= 4 is 21.5 Å². The van der Waals surface area contributed by atoms with E-state index in [1.54, 1.807) is 12.1 Å². The Morgan fingerprint density at radius 1 is 1.12 bits per heavy atom. The molecule has 0 aliphatic carbocycles. The van der Waals surface area contributed by atoms with Crippen LogP contribution in [-0.2, 0) is 10.0 Å². The van der Waals surface area contributed by atoms with Crippen LogP contribution in [0.2, 0.25) is 0 Å². The van der Waals surface area contributed by atoms with E-state index in [0.29, 0.717) is 12.1 Å². The van der Waals surface area contributed by atoms with Gasteiger partial charge in [0.25, 0.3) is 0 Å². The van der Waals surface area contributed by atoms with Crippen LogP contribution in [0, 0.1) is 11.6 Å². The molecular weight excluding hydrogens is 362 g/mol. The van der Waals surface area contributed by atoms with E-state index < -0.39 is 39.5 Å². The third kappa shape index (κ3) is 3.61. The molecule has 0 unspecified atom stereocenters. The number of allylic oxidation sites excluding steroid dienone is 1. The lowest BCUT2D eigenvalue weighted by atomic mass is 10.0. The fourth-order valence-electron chi connectivity index (χ4n) is 2.50. The van der Waals surface area contributed by atoms with Crippen LogP contribution in [-0.4, -0.2) is 26.5 Å². The minimum Gasteiger partial charge on any atom is -0.292 e. The van der Waals surface area contributed by atoms with Crippen LogP contribution in [0.5, 0.6) is 0 Å². The standard InChI is InChI=1S/C18H14F2N2O3S/c19-14-9-8-13(15-7-4-10-21-15)18(20)17(14)16(23)11-22-26(24,25)12-5-2-1-3-6-12/h1-6,8-10,22H,7,11H2. The Kier molecular flexibility index (Phi) is 5.06. The Bertz CT molecular complexity index is 1020. The number of ketones is 1. The molecule has 3 rings (SSSR count). The van der Waals surface area contributed by atoms with Crippen LogP contribution < -0.4 is 4.72 Å². The molecule has 0 bridgehead atoms. The van der Waals surface area contributed by atoms with Crippen LogP contribution >= 0.6 is 0 Å². The SMILES string of the molecule is O=C(CNS(=O)(=O)c1ccccc1)c1c(F)ccc(C2=NC=CC2)c1F. The van der Waals surface area contributed by atoms with Gasteiger partial charge in [-0.1, -0.05) is 24.3 Å². The van der Waals surface area contributed by atoms with E-state index in [4.69, 9.17) is 0 Å². The molecule has 2 aromatic carbocycles. The van der Waals surface area contributed by atoms with Gasteiger partial charge in [-0.3, -0.25) is 9.79 Å². The Hall–Kier alpha value is -2.71. The van der Waals surface area contributed by atoms with E-state index in [9.17, 15) is 22.0 Å². The summed E-state index contributed by atoms with van der Waals surface area (Å²) in [5.41, 5.74) is -0.389. The van der Waals surface area contributed by atoms with Crippen molar-refractivity contribution in [1.82, 2.24) is 4.72 Å². The second-order valence-corrected chi connectivity index (χ2v) is 7.28. The first-order chi connectivity index (χ1) is 12.4. The molecule has 1 aliphatic rings. The fraction of sp³-hybridized carbons (Fsp3) is 0.111. The molecule has 1 aliphatic heterocycles. The highest BCUT2D eigenvalue weighted by atomic mass is 32.2. The second-order valence-electron chi connectivity index (χ2n) is 5.51. The number of carbonyl (C=O) groups excluding carboxylic acids is 1. The third-order valence-electron chi connectivity index (χ3n) is 3.80. The van der Waals surface area contributed by atoms with E-state index in [1.165, 1.54) is 36.5 Å². The van der Waals surface area contributed by atoms with E-state index in [0.717, 1.165) is 6.07 Å². The fourth-order valence-corrected chi connectivity index (χ4v) is 3.51. The first-order valence-electron chi connectivity index (χ1n) is 7.68. The summed E-state index contributed by atoms with van der Waals surface area (Å²) in [6, 6.07) is 9.56. The quantitative estimate of drug-likeness (QED) is 0.788. The Morgan fingerprint density at radius 3 is 2.50 bits per heavy atom. The highest BCUT2D eigenvalue weighted by Gasteiger charge is 2.24. The molecule has 5 nitrogen and oxygen atoms in total. The van der Waals surface area contributed by atoms with E-state index >= 15 is 0 Å². The lowest BCUT2D eigenvalue weighted by Gasteiger charge is -2.10. The number of benzene rings is 2. The average molecular weight is 376 g/mol. The number of sulfonamides is 1. The summed E-state index contributed by atoms with van der Waals surface area (Å²) in [6.07, 6.45) is 3.57. The van der Waals surface area contributed by atoms with Gasteiger partial charge in [-0.25, -0.2) is 21.9 Å². The zero-order chi connectivity index (χ0) is 18.7. The maximum absolute atomic E-state index is 14.6. The minimum atomic E-state index is -3.96. The minimum absolute atomic E-state index is 0.0191. The molecule has 0 radical (unpaired) electrons. The Morgan fingerprint density at radius 2 is 1.85 bits per heavy atom. The molecule has 0 spiro atoms. The number of aliphatic imine (C=N–C) groups is 1. The molecule has 134 valence electrons. The van der Waals surface area contributed by atoms with Crippen LogP contribution in [0.1, 0.15) is 22.3 Å². The summed E-state index contributed by atoms with van der Waals surface area (Å²) in [6.45, 7) is -0.765. The first-order valence-corrected chi connectivity index (χ1v) is 9.16. The Labute approximate surface area is 149 Å². The summed E-state index contributed by atoms with van der Waals surface area (Å²) in [4.78, 5) is 16.2. The number of hydrogen-bond donors (Lipinski definition) is 1. The summed E-state index contributed by atoms with van der Waals surface area (Å²) < 4.78 is 55.0. The van der Waals surface area contributed by atoms with Gasteiger partial charge in [0.05, 0.1) is 22.7 Å². The van der Waals surface area contributed by atoms with Gasteiger partial charge in [-0.15, -0.1) is 0 Å². The molecule has 8 heteroatoms. The van der Waals surface area contributed by atoms with Crippen LogP contribution in [0.25, 0.3) is 0 Å². The van der Waals surface area contributed by atoms with Crippen LogP contribution in [0.15, 0.2) is 64.6 Å². The lowest BCUT2D eigenvalue weighted by Crippen LogP contribution is -2.30. The van der Waals surface area contributed by atoms with Gasteiger partial charge in [-0.2, -0.15) is 0 Å². The maximum Gasteiger partial charge on any atom is 0.240 e. The van der Waals surface area contributed by atoms with E-state index in [2.05, 4.69) is 9.71 Å². The van der Waals surface area contributed by atoms with Crippen molar-refractivity contribution in [2.45, 2.75) is 11.3 Å². The van der Waals surface area contributed by atoms with Crippen molar-refractivity contribution in [2.75, 3.05) is 6.54 Å². The van der Waals surface area contributed by atoms with Gasteiger partial charge in [-0.05, 0) is 24.3 Å². The topological polar surface area (TPSA) is 75.6 Å². The number of halogens is 2. The van der Waals surface area contributed by atoms with Gasteiger partial charge in [0.1, 0.15) is 11.6 Å². The monoisotopic (exact) mass is 376 g/mol. The molecule has 2 aromatic rings. The molecule has 0 saturated heterocycles. The molecule has 0 aromatic heterocycles. The summed E-state index contributed by atoms with van der Waals surface area (Å²) >= 11 is 0. The predicted octanol–water partition coefficient (Wildman–Crippen LogP) is 2.83. The van der Waals surface area contributed by atoms with Gasteiger partial charge in [0.2, 0.25) is 10.0 Å². The summed E-state index contributed by atoms with van der Waals surface area (Å²) in [5.74, 6) is -3.11. The Balaban J connectivity index is 1.83. The van der Waals surface area contributed by atoms with Gasteiger partial charge < -0.3 is 0 Å². The summed E-state index contributed by atoms with van der Waals surface area (Å²) in [7, 11) is -3.96. The molecule has 0 saturated carbocycles. The molecule has 0 atom stereocenters. The van der Waals surface area contributed by atoms with Gasteiger partial charge in [0.15, 0.2) is 5.78 Å². The van der Waals surface area contributed by atoms with E-state index in [1.807, 2.05) is 0 Å². The second kappa shape index (κ2) is 7.27. The largest absolute Gasteiger partial charge is 0.292 e. The smallest absolute Gasteiger partial charge is 0.240 e. The van der Waals surface area contributed by atoms with E-state index in [-0.39, 0.29) is 10.5 Å². The van der Waals surface area contributed by atoms with Crippen LogP contribution in [0.3, 0.4) is 0 Å². The third-order valence-corrected chi connectivity index (χ3v) is 5.22. The van der Waals surface area contributed by atoms with Crippen molar-refractivity contribution in [3.8, 4) is 0 Å². The van der Waals surface area contributed by atoms with Crippen molar-refractivity contribution in [3.05, 3.63) is 77.5 Å². The molecule has 0 amide bonds. The number of Topliss-reactive ketones (excluding diaryl/α,β-unsaturated/α-hetero) is 1. The average Bonchev–Trinajstić information content (AvgIpc) is 3.15. The van der Waals surface area contributed by atoms with Gasteiger partial charge >= 0.3 is 0 Å². The maximum atomic E-state index is 14.6. The molecule has 1 heterocycles. The number of nitrogens with zero attached hydrogens (tertiary/aromatic N) is 1. The van der Waals surface area contributed by atoms with Crippen molar-refractivity contribution in [2.24, 2.45) is 4.99 Å². The number of hydrogen-bond acceptors (Lipinski definition) is 4.